The van der Waals surface area contributed by atoms with Crippen molar-refractivity contribution in [2.24, 2.45) is 23.7 Å². The minimum atomic E-state index is -0.329. The van der Waals surface area contributed by atoms with Gasteiger partial charge in [-0.25, -0.2) is 0 Å². The topological polar surface area (TPSA) is 38.8 Å². The maximum Gasteiger partial charge on any atom is 0.308 e. The van der Waals surface area contributed by atoms with Crippen LogP contribution in [-0.4, -0.2) is 42.9 Å². The third-order valence-electron chi connectivity index (χ3n) is 6.34. The molecule has 3 rings (SSSR count). The lowest BCUT2D eigenvalue weighted by Gasteiger charge is -2.39. The molecule has 0 bridgehead atoms. The first-order valence-corrected chi connectivity index (χ1v) is 9.51. The van der Waals surface area contributed by atoms with E-state index in [2.05, 4.69) is 32.7 Å². The Kier molecular flexibility index (Phi) is 5.32. The summed E-state index contributed by atoms with van der Waals surface area (Å²) in [5.41, 5.74) is 0. The quantitative estimate of drug-likeness (QED) is 0.743. The largest absolute Gasteiger partial charge is 0.435 e. The summed E-state index contributed by atoms with van der Waals surface area (Å²) in [6.45, 7) is 8.02. The van der Waals surface area contributed by atoms with Crippen molar-refractivity contribution in [2.45, 2.75) is 77.7 Å². The van der Waals surface area contributed by atoms with Crippen LogP contribution in [0.5, 0.6) is 0 Å². The summed E-state index contributed by atoms with van der Waals surface area (Å²) in [4.78, 5) is 14.3. The molecule has 2 aliphatic heterocycles. The summed E-state index contributed by atoms with van der Waals surface area (Å²) in [5, 5.41) is 0. The highest BCUT2D eigenvalue weighted by molar-refractivity contribution is 5.72. The molecule has 0 N–H and O–H groups in total. The van der Waals surface area contributed by atoms with Gasteiger partial charge in [0.25, 0.3) is 0 Å². The number of hydrogen-bond acceptors (Lipinski definition) is 4. The highest BCUT2D eigenvalue weighted by atomic mass is 16.7. The summed E-state index contributed by atoms with van der Waals surface area (Å²) in [7, 11) is 2.16. The molecule has 2 saturated heterocycles. The van der Waals surface area contributed by atoms with E-state index >= 15 is 0 Å². The van der Waals surface area contributed by atoms with Crippen LogP contribution in [0, 0.1) is 23.7 Å². The first-order valence-electron chi connectivity index (χ1n) is 9.51. The molecular formula is C19H33NO3. The van der Waals surface area contributed by atoms with Gasteiger partial charge < -0.3 is 14.4 Å². The lowest BCUT2D eigenvalue weighted by atomic mass is 9.75. The smallest absolute Gasteiger partial charge is 0.308 e. The fourth-order valence-corrected chi connectivity index (χ4v) is 4.92. The number of carbonyl (C=O) groups is 1. The number of ether oxygens (including phenoxy) is 2. The Balaban J connectivity index is 1.69. The van der Waals surface area contributed by atoms with Gasteiger partial charge >= 0.3 is 5.97 Å². The van der Waals surface area contributed by atoms with Crippen LogP contribution in [0.15, 0.2) is 0 Å². The minimum absolute atomic E-state index is 0.0785. The van der Waals surface area contributed by atoms with Crippen molar-refractivity contribution < 1.29 is 14.3 Å². The second-order valence-electron chi connectivity index (χ2n) is 8.42. The van der Waals surface area contributed by atoms with Gasteiger partial charge in [-0.05, 0) is 57.0 Å². The Hall–Kier alpha value is -0.610. The van der Waals surface area contributed by atoms with Crippen LogP contribution < -0.4 is 0 Å². The molecule has 6 atom stereocenters. The highest BCUT2D eigenvalue weighted by Gasteiger charge is 2.46. The molecule has 0 unspecified atom stereocenters. The number of esters is 1. The molecule has 23 heavy (non-hydrogen) atoms. The third kappa shape index (κ3) is 3.74. The molecule has 0 amide bonds. The molecular weight excluding hydrogens is 290 g/mol. The van der Waals surface area contributed by atoms with Gasteiger partial charge in [0.2, 0.25) is 6.29 Å². The van der Waals surface area contributed by atoms with E-state index in [0.29, 0.717) is 30.2 Å². The predicted molar refractivity (Wildman–Crippen MR) is 89.9 cm³/mol. The SMILES string of the molecule is CC(C)[C@@H]1CC[C@@H](C)C[C@H]1O[C@@H]1OC(=O)C[C@H]1[C@@H]1CCCN1C. The van der Waals surface area contributed by atoms with E-state index in [1.54, 1.807) is 0 Å². The monoisotopic (exact) mass is 323 g/mol. The number of cyclic esters (lactones) is 1. The molecule has 3 aliphatic rings. The van der Waals surface area contributed by atoms with Crippen LogP contribution in [0.3, 0.4) is 0 Å². The van der Waals surface area contributed by atoms with Crippen molar-refractivity contribution in [3.8, 4) is 0 Å². The molecule has 0 aromatic heterocycles. The van der Waals surface area contributed by atoms with E-state index in [1.165, 1.54) is 19.3 Å². The molecule has 3 fully saturated rings. The van der Waals surface area contributed by atoms with Crippen LogP contribution in [0.2, 0.25) is 0 Å². The molecule has 0 radical (unpaired) electrons. The van der Waals surface area contributed by atoms with Crippen molar-refractivity contribution in [3.63, 3.8) is 0 Å². The Labute approximate surface area is 140 Å². The van der Waals surface area contributed by atoms with E-state index in [4.69, 9.17) is 9.47 Å². The van der Waals surface area contributed by atoms with Crippen molar-refractivity contribution >= 4 is 5.97 Å². The van der Waals surface area contributed by atoms with Gasteiger partial charge in [-0.15, -0.1) is 0 Å². The lowest BCUT2D eigenvalue weighted by molar-refractivity contribution is -0.199. The number of nitrogens with zero attached hydrogens (tertiary/aromatic N) is 1. The van der Waals surface area contributed by atoms with Gasteiger partial charge in [0.1, 0.15) is 0 Å². The average molecular weight is 323 g/mol. The second kappa shape index (κ2) is 7.10. The molecule has 1 saturated carbocycles. The summed E-state index contributed by atoms with van der Waals surface area (Å²) < 4.78 is 12.1. The summed E-state index contributed by atoms with van der Waals surface area (Å²) in [5.74, 6) is 2.05. The van der Waals surface area contributed by atoms with Crippen LogP contribution >= 0.6 is 0 Å². The molecule has 4 nitrogen and oxygen atoms in total. The predicted octanol–water partition coefficient (Wildman–Crippen LogP) is 3.45. The van der Waals surface area contributed by atoms with Crippen molar-refractivity contribution in [1.29, 1.82) is 0 Å². The minimum Gasteiger partial charge on any atom is -0.435 e. The number of likely N-dealkylation sites (tertiary alicyclic amines) is 1. The van der Waals surface area contributed by atoms with Crippen LogP contribution in [0.4, 0.5) is 0 Å². The summed E-state index contributed by atoms with van der Waals surface area (Å²) >= 11 is 0. The summed E-state index contributed by atoms with van der Waals surface area (Å²) in [6.07, 6.45) is 6.44. The van der Waals surface area contributed by atoms with Gasteiger partial charge in [0.05, 0.1) is 12.5 Å². The van der Waals surface area contributed by atoms with E-state index in [1.807, 2.05) is 0 Å². The molecule has 0 aromatic carbocycles. The van der Waals surface area contributed by atoms with Crippen LogP contribution in [0.25, 0.3) is 0 Å². The number of carbonyl (C=O) groups excluding carboxylic acids is 1. The van der Waals surface area contributed by atoms with Gasteiger partial charge in [-0.3, -0.25) is 4.79 Å². The Morgan fingerprint density at radius 1 is 1.26 bits per heavy atom. The molecule has 4 heteroatoms. The van der Waals surface area contributed by atoms with E-state index in [-0.39, 0.29) is 24.3 Å². The van der Waals surface area contributed by atoms with E-state index in [0.717, 1.165) is 19.4 Å². The normalized spacial score (nSPS) is 42.4. The Morgan fingerprint density at radius 2 is 2.04 bits per heavy atom. The van der Waals surface area contributed by atoms with Crippen molar-refractivity contribution in [3.05, 3.63) is 0 Å². The lowest BCUT2D eigenvalue weighted by Crippen LogP contribution is -2.42. The third-order valence-corrected chi connectivity index (χ3v) is 6.34. The maximum atomic E-state index is 11.9. The number of rotatable bonds is 4. The maximum absolute atomic E-state index is 11.9. The molecule has 0 aromatic rings. The fraction of sp³-hybridized carbons (Fsp3) is 0.947. The highest BCUT2D eigenvalue weighted by Crippen LogP contribution is 2.40. The van der Waals surface area contributed by atoms with Gasteiger partial charge in [0.15, 0.2) is 0 Å². The zero-order valence-electron chi connectivity index (χ0n) is 15.2. The zero-order valence-corrected chi connectivity index (χ0v) is 15.2. The van der Waals surface area contributed by atoms with E-state index < -0.39 is 0 Å². The standard InChI is InChI=1S/C19H33NO3/c1-12(2)14-8-7-13(3)10-17(14)22-19-15(11-18(21)23-19)16-6-5-9-20(16)4/h12-17,19H,5-11H2,1-4H3/t13-,14+,15+,16+,17-,19-/m1/s1. The van der Waals surface area contributed by atoms with E-state index in [9.17, 15) is 4.79 Å². The fourth-order valence-electron chi connectivity index (χ4n) is 4.92. The first kappa shape index (κ1) is 17.2. The molecule has 132 valence electrons. The van der Waals surface area contributed by atoms with Gasteiger partial charge in [-0.1, -0.05) is 27.2 Å². The van der Waals surface area contributed by atoms with Crippen molar-refractivity contribution in [1.82, 2.24) is 4.90 Å². The average Bonchev–Trinajstić information content (AvgIpc) is 3.04. The Bertz CT molecular complexity index is 425. The zero-order chi connectivity index (χ0) is 16.6. The second-order valence-corrected chi connectivity index (χ2v) is 8.42. The first-order chi connectivity index (χ1) is 11.0. The van der Waals surface area contributed by atoms with Crippen molar-refractivity contribution in [2.75, 3.05) is 13.6 Å². The molecule has 0 spiro atoms. The molecule has 2 heterocycles. The number of hydrogen-bond donors (Lipinski definition) is 0. The molecule has 1 aliphatic carbocycles. The Morgan fingerprint density at radius 3 is 2.70 bits per heavy atom. The van der Waals surface area contributed by atoms with Gasteiger partial charge in [0, 0.05) is 12.0 Å². The van der Waals surface area contributed by atoms with Gasteiger partial charge in [-0.2, -0.15) is 0 Å². The van der Waals surface area contributed by atoms with Crippen LogP contribution in [-0.2, 0) is 14.3 Å². The van der Waals surface area contributed by atoms with Crippen LogP contribution in [0.1, 0.15) is 59.3 Å². The summed E-state index contributed by atoms with van der Waals surface area (Å²) in [6, 6.07) is 0.435.